The van der Waals surface area contributed by atoms with Crippen LogP contribution in [0.15, 0.2) is 24.7 Å². The van der Waals surface area contributed by atoms with Crippen LogP contribution in [-0.4, -0.2) is 69.9 Å². The summed E-state index contributed by atoms with van der Waals surface area (Å²) in [5, 5.41) is 37.7. The number of nitrogens with one attached hydrogen (secondary N) is 1. The van der Waals surface area contributed by atoms with Crippen LogP contribution in [0.3, 0.4) is 0 Å². The zero-order valence-corrected chi connectivity index (χ0v) is 12.7. The molecule has 0 aliphatic rings. The van der Waals surface area contributed by atoms with Gasteiger partial charge in [0.2, 0.25) is 0 Å². The maximum Gasteiger partial charge on any atom is 0.360 e. The lowest BCUT2D eigenvalue weighted by Gasteiger charge is -2.36. The Bertz CT molecular complexity index is 440. The molecule has 10 nitrogen and oxygen atoms in total. The van der Waals surface area contributed by atoms with Crippen LogP contribution < -0.4 is 5.32 Å². The highest BCUT2D eigenvalue weighted by Gasteiger charge is 2.39. The molecule has 0 heterocycles. The first-order valence-electron chi connectivity index (χ1n) is 6.77. The summed E-state index contributed by atoms with van der Waals surface area (Å²) in [6.07, 6.45) is 0.469. The minimum Gasteiger partial charge on any atom is -0.480 e. The van der Waals surface area contributed by atoms with Crippen molar-refractivity contribution in [2.45, 2.75) is 12.8 Å². The Kier molecular flexibility index (Phi) is 9.78. The van der Waals surface area contributed by atoms with Gasteiger partial charge in [0.15, 0.2) is 6.54 Å². The van der Waals surface area contributed by atoms with E-state index in [1.54, 1.807) is 0 Å². The quantitative estimate of drug-likeness (QED) is 0.0994. The molecule has 0 aromatic rings. The summed E-state index contributed by atoms with van der Waals surface area (Å²) < 4.78 is -0.468. The second kappa shape index (κ2) is 10.7. The summed E-state index contributed by atoms with van der Waals surface area (Å²) >= 11 is 0. The fourth-order valence-corrected chi connectivity index (χ4v) is 2.09. The number of hydrogen-bond donors (Lipinski definition) is 5. The van der Waals surface area contributed by atoms with Gasteiger partial charge in [0.1, 0.15) is 5.70 Å². The van der Waals surface area contributed by atoms with Gasteiger partial charge in [-0.1, -0.05) is 0 Å². The van der Waals surface area contributed by atoms with E-state index in [0.717, 1.165) is 0 Å². The van der Waals surface area contributed by atoms with Crippen LogP contribution in [0.25, 0.3) is 0 Å². The predicted molar refractivity (Wildman–Crippen MR) is 77.9 cm³/mol. The number of rotatable bonds is 14. The molecule has 0 saturated heterocycles. The molecule has 1 atom stereocenters. The van der Waals surface area contributed by atoms with E-state index in [1.165, 1.54) is 0 Å². The van der Waals surface area contributed by atoms with Crippen molar-refractivity contribution in [1.82, 2.24) is 5.32 Å². The third-order valence-electron chi connectivity index (χ3n) is 3.24. The van der Waals surface area contributed by atoms with Crippen molar-refractivity contribution in [3.8, 4) is 0 Å². The summed E-state index contributed by atoms with van der Waals surface area (Å²) in [6, 6.07) is 0. The van der Waals surface area contributed by atoms with Crippen LogP contribution in [-0.2, 0) is 19.4 Å². The lowest BCUT2D eigenvalue weighted by atomic mass is 10.2. The molecule has 23 heavy (non-hydrogen) atoms. The molecule has 0 rings (SSSR count). The minimum absolute atomic E-state index is 0.106. The number of aliphatic carboxylic acids is 2. The number of hydrogen-bond acceptors (Lipinski definition) is 7. The standard InChI is InChI=1S/C13H22N2O8/c1-10(4-7-22-20)15(9-13(18)19,11(2)23-21)6-3-5-14-8-12(16)17/h14H,1-9H2,(H3-,16,17,18,19,20,21)/p+1. The Morgan fingerprint density at radius 3 is 2.26 bits per heavy atom. The smallest absolute Gasteiger partial charge is 0.360 e. The molecule has 0 aromatic carbocycles. The zero-order chi connectivity index (χ0) is 17.9. The summed E-state index contributed by atoms with van der Waals surface area (Å²) in [7, 11) is 0. The van der Waals surface area contributed by atoms with Crippen molar-refractivity contribution in [2.75, 3.05) is 32.8 Å². The molecule has 0 aliphatic carbocycles. The van der Waals surface area contributed by atoms with Crippen LogP contribution >= 0.6 is 0 Å². The first-order valence-corrected chi connectivity index (χ1v) is 6.77. The highest BCUT2D eigenvalue weighted by atomic mass is 17.1. The highest BCUT2D eigenvalue weighted by Crippen LogP contribution is 2.27. The van der Waals surface area contributed by atoms with Crippen molar-refractivity contribution >= 4 is 11.9 Å². The van der Waals surface area contributed by atoms with Crippen LogP contribution in [0.4, 0.5) is 0 Å². The van der Waals surface area contributed by atoms with Crippen molar-refractivity contribution < 1.29 is 44.6 Å². The molecule has 0 fully saturated rings. The molecular weight excluding hydrogens is 312 g/mol. The first-order chi connectivity index (χ1) is 10.8. The van der Waals surface area contributed by atoms with Gasteiger partial charge >= 0.3 is 17.8 Å². The Labute approximate surface area is 133 Å². The summed E-state index contributed by atoms with van der Waals surface area (Å²) in [5.41, 5.74) is 0.304. The number of quaternary nitrogens is 1. The third-order valence-corrected chi connectivity index (χ3v) is 3.24. The van der Waals surface area contributed by atoms with Crippen LogP contribution in [0.5, 0.6) is 0 Å². The van der Waals surface area contributed by atoms with Crippen LogP contribution in [0.2, 0.25) is 0 Å². The summed E-state index contributed by atoms with van der Waals surface area (Å²) in [6.45, 7) is 6.89. The van der Waals surface area contributed by atoms with E-state index in [1.807, 2.05) is 0 Å². The monoisotopic (exact) mass is 335 g/mol. The average molecular weight is 335 g/mol. The van der Waals surface area contributed by atoms with E-state index in [0.29, 0.717) is 18.7 Å². The van der Waals surface area contributed by atoms with E-state index in [-0.39, 0.29) is 32.0 Å². The second-order valence-electron chi connectivity index (χ2n) is 4.80. The van der Waals surface area contributed by atoms with E-state index < -0.39 is 23.0 Å². The van der Waals surface area contributed by atoms with Crippen molar-refractivity contribution in [3.05, 3.63) is 24.7 Å². The molecule has 5 N–H and O–H groups in total. The van der Waals surface area contributed by atoms with Gasteiger partial charge in [0.05, 0.1) is 19.7 Å². The lowest BCUT2D eigenvalue weighted by molar-refractivity contribution is -0.871. The number of carbonyl (C=O) groups is 2. The van der Waals surface area contributed by atoms with Crippen LogP contribution in [0, 0.1) is 0 Å². The second-order valence-corrected chi connectivity index (χ2v) is 4.80. The number of carboxylic acids is 2. The summed E-state index contributed by atoms with van der Waals surface area (Å²) in [5.74, 6) is -2.43. The lowest BCUT2D eigenvalue weighted by Crippen LogP contribution is -2.50. The van der Waals surface area contributed by atoms with E-state index in [2.05, 4.69) is 28.2 Å². The van der Waals surface area contributed by atoms with Crippen LogP contribution in [0.1, 0.15) is 12.8 Å². The van der Waals surface area contributed by atoms with E-state index in [4.69, 9.17) is 20.7 Å². The molecule has 0 aromatic heterocycles. The molecular formula is C13H23N2O8+. The van der Waals surface area contributed by atoms with E-state index in [9.17, 15) is 9.59 Å². The third kappa shape index (κ3) is 7.21. The fraction of sp³-hybridized carbons (Fsp3) is 0.538. The molecule has 0 radical (unpaired) electrons. The predicted octanol–water partition coefficient (Wildman–Crippen LogP) is 0.306. The van der Waals surface area contributed by atoms with Gasteiger partial charge in [-0.05, 0) is 6.58 Å². The van der Waals surface area contributed by atoms with Crippen molar-refractivity contribution in [3.63, 3.8) is 0 Å². The first kappa shape index (κ1) is 21.0. The normalized spacial score (nSPS) is 13.1. The van der Waals surface area contributed by atoms with Gasteiger partial charge in [0.25, 0.3) is 0 Å². The summed E-state index contributed by atoms with van der Waals surface area (Å²) in [4.78, 5) is 29.7. The molecule has 0 saturated carbocycles. The van der Waals surface area contributed by atoms with Gasteiger partial charge in [0, 0.05) is 26.0 Å². The maximum absolute atomic E-state index is 11.2. The molecule has 10 heteroatoms. The topological polar surface area (TPSA) is 146 Å². The number of carboxylic acid groups (broad SMARTS) is 2. The zero-order valence-electron chi connectivity index (χ0n) is 12.7. The van der Waals surface area contributed by atoms with Gasteiger partial charge in [-0.25, -0.2) is 14.2 Å². The molecule has 132 valence electrons. The molecule has 0 bridgehead atoms. The van der Waals surface area contributed by atoms with Crippen molar-refractivity contribution in [1.29, 1.82) is 0 Å². The van der Waals surface area contributed by atoms with Crippen molar-refractivity contribution in [2.24, 2.45) is 0 Å². The van der Waals surface area contributed by atoms with Gasteiger partial charge < -0.3 is 15.5 Å². The average Bonchev–Trinajstić information content (AvgIpc) is 2.49. The molecule has 0 spiro atoms. The SMILES string of the molecule is C=C(CCOO)[N+](CCCNCC(=O)O)(CC(=O)O)C(=C)OO. The maximum atomic E-state index is 11.2. The molecule has 0 amide bonds. The molecule has 0 aliphatic heterocycles. The fourth-order valence-electron chi connectivity index (χ4n) is 2.09. The Hall–Kier alpha value is -1.98. The minimum atomic E-state index is -1.17. The Morgan fingerprint density at radius 2 is 1.78 bits per heavy atom. The van der Waals surface area contributed by atoms with Gasteiger partial charge in [-0.15, -0.1) is 0 Å². The highest BCUT2D eigenvalue weighted by molar-refractivity contribution is 5.69. The van der Waals surface area contributed by atoms with Gasteiger partial charge in [-0.2, -0.15) is 5.26 Å². The largest absolute Gasteiger partial charge is 0.480 e. The Balaban J connectivity index is 5.05. The number of nitrogens with zero attached hydrogens (tertiary/aromatic N) is 1. The van der Waals surface area contributed by atoms with Gasteiger partial charge in [-0.3, -0.25) is 14.9 Å². The molecule has 1 unspecified atom stereocenters. The van der Waals surface area contributed by atoms with E-state index >= 15 is 0 Å². The Morgan fingerprint density at radius 1 is 1.13 bits per heavy atom.